The Balaban J connectivity index is 2.11. The number of aryl methyl sites for hydroxylation is 1. The van der Waals surface area contributed by atoms with Crippen LogP contribution < -0.4 is 0 Å². The van der Waals surface area contributed by atoms with Crippen molar-refractivity contribution in [1.82, 2.24) is 15.0 Å². The molecule has 3 heterocycles. The van der Waals surface area contributed by atoms with E-state index in [9.17, 15) is 0 Å². The van der Waals surface area contributed by atoms with Crippen LogP contribution in [0.3, 0.4) is 0 Å². The number of nitrogens with zero attached hydrogens (tertiary/aromatic N) is 3. The number of aromatic nitrogens is 3. The molecule has 0 fully saturated rings. The fourth-order valence-corrected chi connectivity index (χ4v) is 2.32. The van der Waals surface area contributed by atoms with Gasteiger partial charge in [0.1, 0.15) is 21.6 Å². The minimum atomic E-state index is 0.374. The van der Waals surface area contributed by atoms with E-state index in [1.165, 1.54) is 11.3 Å². The lowest BCUT2D eigenvalue weighted by Crippen LogP contribution is -1.91. The predicted octanol–water partition coefficient (Wildman–Crippen LogP) is 3.82. The zero-order valence-electron chi connectivity index (χ0n) is 9.42. The van der Waals surface area contributed by atoms with Gasteiger partial charge in [-0.05, 0) is 19.1 Å². The lowest BCUT2D eigenvalue weighted by molar-refractivity contribution is 0.544. The molecule has 3 rings (SSSR count). The summed E-state index contributed by atoms with van der Waals surface area (Å²) >= 11 is 7.51. The summed E-state index contributed by atoms with van der Waals surface area (Å²) in [6.45, 7) is 1.87. The SMILES string of the molecule is Cc1ccc(-c2nc(Cl)cc(-c3nccs3)n2)o1. The largest absolute Gasteiger partial charge is 0.458 e. The van der Waals surface area contributed by atoms with Gasteiger partial charge in [0.25, 0.3) is 0 Å². The van der Waals surface area contributed by atoms with E-state index in [0.717, 1.165) is 10.8 Å². The molecule has 0 aromatic carbocycles. The molecule has 6 heteroatoms. The second kappa shape index (κ2) is 4.51. The lowest BCUT2D eigenvalue weighted by Gasteiger charge is -2.00. The zero-order valence-corrected chi connectivity index (χ0v) is 11.0. The maximum atomic E-state index is 6.01. The standard InChI is InChI=1S/C12H8ClN3OS/c1-7-2-3-9(17-7)11-15-8(6-10(13)16-11)12-14-4-5-18-12/h2-6H,1H3. The summed E-state index contributed by atoms with van der Waals surface area (Å²) in [5.41, 5.74) is 0.703. The van der Waals surface area contributed by atoms with Gasteiger partial charge in [-0.25, -0.2) is 15.0 Å². The summed E-state index contributed by atoms with van der Waals surface area (Å²) in [5.74, 6) is 1.89. The molecule has 90 valence electrons. The highest BCUT2D eigenvalue weighted by molar-refractivity contribution is 7.13. The van der Waals surface area contributed by atoms with E-state index in [1.807, 2.05) is 24.4 Å². The fourth-order valence-electron chi connectivity index (χ4n) is 1.54. The summed E-state index contributed by atoms with van der Waals surface area (Å²) in [7, 11) is 0. The van der Waals surface area contributed by atoms with E-state index < -0.39 is 0 Å². The first-order chi connectivity index (χ1) is 8.72. The molecule has 0 bridgehead atoms. The Bertz CT molecular complexity index is 678. The topological polar surface area (TPSA) is 51.8 Å². The predicted molar refractivity (Wildman–Crippen MR) is 70.6 cm³/mol. The van der Waals surface area contributed by atoms with Crippen LogP contribution in [0.2, 0.25) is 5.15 Å². The molecule has 0 saturated heterocycles. The number of rotatable bonds is 2. The molecule has 0 aliphatic heterocycles. The van der Waals surface area contributed by atoms with Crippen LogP contribution in [0.4, 0.5) is 0 Å². The average molecular weight is 278 g/mol. The summed E-state index contributed by atoms with van der Waals surface area (Å²) in [5, 5.41) is 3.07. The van der Waals surface area contributed by atoms with E-state index in [0.29, 0.717) is 22.4 Å². The molecule has 0 unspecified atom stereocenters. The summed E-state index contributed by atoms with van der Waals surface area (Å²) in [6.07, 6.45) is 1.73. The molecule has 0 aliphatic carbocycles. The van der Waals surface area contributed by atoms with E-state index in [-0.39, 0.29) is 0 Å². The van der Waals surface area contributed by atoms with Gasteiger partial charge in [0.15, 0.2) is 11.6 Å². The van der Waals surface area contributed by atoms with E-state index in [2.05, 4.69) is 15.0 Å². The van der Waals surface area contributed by atoms with E-state index >= 15 is 0 Å². The van der Waals surface area contributed by atoms with E-state index in [4.69, 9.17) is 16.0 Å². The van der Waals surface area contributed by atoms with Crippen LogP contribution in [-0.4, -0.2) is 15.0 Å². The average Bonchev–Trinajstić information content (AvgIpc) is 2.98. The first-order valence-corrected chi connectivity index (χ1v) is 6.49. The third kappa shape index (κ3) is 2.14. The first kappa shape index (κ1) is 11.4. The number of furan rings is 1. The van der Waals surface area contributed by atoms with Gasteiger partial charge in [0, 0.05) is 17.6 Å². The van der Waals surface area contributed by atoms with Crippen molar-refractivity contribution in [3.05, 3.63) is 40.7 Å². The number of hydrogen-bond acceptors (Lipinski definition) is 5. The molecule has 0 radical (unpaired) electrons. The Kier molecular flexibility index (Phi) is 2.85. The van der Waals surface area contributed by atoms with E-state index in [1.54, 1.807) is 12.3 Å². The van der Waals surface area contributed by atoms with Crippen molar-refractivity contribution in [2.45, 2.75) is 6.92 Å². The van der Waals surface area contributed by atoms with Gasteiger partial charge < -0.3 is 4.42 Å². The molecular weight excluding hydrogens is 270 g/mol. The number of hydrogen-bond donors (Lipinski definition) is 0. The molecule has 3 aromatic heterocycles. The minimum Gasteiger partial charge on any atom is -0.458 e. The smallest absolute Gasteiger partial charge is 0.197 e. The second-order valence-corrected chi connectivity index (χ2v) is 4.93. The van der Waals surface area contributed by atoms with Crippen LogP contribution in [0.1, 0.15) is 5.76 Å². The molecule has 18 heavy (non-hydrogen) atoms. The Morgan fingerprint density at radius 1 is 1.28 bits per heavy atom. The molecule has 4 nitrogen and oxygen atoms in total. The third-order valence-electron chi connectivity index (χ3n) is 2.31. The van der Waals surface area contributed by atoms with Gasteiger partial charge >= 0.3 is 0 Å². The molecule has 0 N–H and O–H groups in total. The maximum Gasteiger partial charge on any atom is 0.197 e. The van der Waals surface area contributed by atoms with Crippen molar-refractivity contribution in [2.75, 3.05) is 0 Å². The summed E-state index contributed by atoms with van der Waals surface area (Å²) in [6, 6.07) is 5.38. The van der Waals surface area contributed by atoms with Gasteiger partial charge in [-0.2, -0.15) is 0 Å². The van der Waals surface area contributed by atoms with Crippen LogP contribution >= 0.6 is 22.9 Å². The van der Waals surface area contributed by atoms with Gasteiger partial charge in [0.2, 0.25) is 0 Å². The fraction of sp³-hybridized carbons (Fsp3) is 0.0833. The quantitative estimate of drug-likeness (QED) is 0.668. The van der Waals surface area contributed by atoms with Crippen molar-refractivity contribution >= 4 is 22.9 Å². The molecule has 0 atom stereocenters. The zero-order chi connectivity index (χ0) is 12.5. The number of halogens is 1. The Morgan fingerprint density at radius 3 is 2.83 bits per heavy atom. The first-order valence-electron chi connectivity index (χ1n) is 5.23. The number of thiazole rings is 1. The normalized spacial score (nSPS) is 10.8. The molecule has 0 aliphatic rings. The van der Waals surface area contributed by atoms with Gasteiger partial charge in [-0.1, -0.05) is 11.6 Å². The Hall–Kier alpha value is -1.72. The molecule has 0 saturated carbocycles. The van der Waals surface area contributed by atoms with Crippen molar-refractivity contribution < 1.29 is 4.42 Å². The van der Waals surface area contributed by atoms with Crippen molar-refractivity contribution in [1.29, 1.82) is 0 Å². The third-order valence-corrected chi connectivity index (χ3v) is 3.30. The molecule has 0 amide bonds. The Labute approximate surface area is 112 Å². The highest BCUT2D eigenvalue weighted by atomic mass is 35.5. The molecule has 0 spiro atoms. The minimum absolute atomic E-state index is 0.374. The van der Waals surface area contributed by atoms with Crippen molar-refractivity contribution in [2.24, 2.45) is 0 Å². The van der Waals surface area contributed by atoms with Gasteiger partial charge in [-0.3, -0.25) is 0 Å². The summed E-state index contributed by atoms with van der Waals surface area (Å²) < 4.78 is 5.50. The van der Waals surface area contributed by atoms with Gasteiger partial charge in [-0.15, -0.1) is 11.3 Å². The Morgan fingerprint density at radius 2 is 2.17 bits per heavy atom. The second-order valence-electron chi connectivity index (χ2n) is 3.65. The van der Waals surface area contributed by atoms with Crippen molar-refractivity contribution in [3.63, 3.8) is 0 Å². The molecular formula is C12H8ClN3OS. The van der Waals surface area contributed by atoms with Crippen molar-refractivity contribution in [3.8, 4) is 22.3 Å². The molecule has 3 aromatic rings. The summed E-state index contributed by atoms with van der Waals surface area (Å²) in [4.78, 5) is 12.8. The highest BCUT2D eigenvalue weighted by Gasteiger charge is 2.11. The monoisotopic (exact) mass is 277 g/mol. The van der Waals surface area contributed by atoms with Crippen LogP contribution in [-0.2, 0) is 0 Å². The van der Waals surface area contributed by atoms with Crippen LogP contribution in [0.5, 0.6) is 0 Å². The maximum absolute atomic E-state index is 6.01. The lowest BCUT2D eigenvalue weighted by atomic mass is 10.3. The van der Waals surface area contributed by atoms with Gasteiger partial charge in [0.05, 0.1) is 0 Å². The van der Waals surface area contributed by atoms with Crippen LogP contribution in [0.25, 0.3) is 22.3 Å². The van der Waals surface area contributed by atoms with Crippen LogP contribution in [0, 0.1) is 6.92 Å². The van der Waals surface area contributed by atoms with Crippen LogP contribution in [0.15, 0.2) is 34.2 Å². The highest BCUT2D eigenvalue weighted by Crippen LogP contribution is 2.26.